The van der Waals surface area contributed by atoms with E-state index >= 15 is 0 Å². The van der Waals surface area contributed by atoms with Crippen molar-refractivity contribution < 1.29 is 9.53 Å². The van der Waals surface area contributed by atoms with Crippen molar-refractivity contribution in [3.63, 3.8) is 0 Å². The highest BCUT2D eigenvalue weighted by Crippen LogP contribution is 2.53. The number of ether oxygens (including phenoxy) is 1. The highest BCUT2D eigenvalue weighted by Gasteiger charge is 2.51. The van der Waals surface area contributed by atoms with Gasteiger partial charge in [-0.2, -0.15) is 0 Å². The highest BCUT2D eigenvalue weighted by molar-refractivity contribution is 8.02. The predicted octanol–water partition coefficient (Wildman–Crippen LogP) is 6.24. The van der Waals surface area contributed by atoms with E-state index in [9.17, 15) is 4.79 Å². The molecule has 1 aliphatic heterocycles. The van der Waals surface area contributed by atoms with E-state index in [1.807, 2.05) is 73.3 Å². The van der Waals surface area contributed by atoms with Crippen LogP contribution in [-0.2, 0) is 4.79 Å². The third kappa shape index (κ3) is 3.60. The van der Waals surface area contributed by atoms with Gasteiger partial charge >= 0.3 is 0 Å². The van der Waals surface area contributed by atoms with Crippen molar-refractivity contribution in [2.24, 2.45) is 5.92 Å². The molecule has 3 nitrogen and oxygen atoms in total. The lowest BCUT2D eigenvalue weighted by atomic mass is 9.83. The molecule has 142 valence electrons. The number of carbonyl (C=O) groups is 1. The van der Waals surface area contributed by atoms with Gasteiger partial charge in [0.1, 0.15) is 11.5 Å². The Morgan fingerprint density at radius 1 is 1.04 bits per heavy atom. The summed E-state index contributed by atoms with van der Waals surface area (Å²) in [5.74, 6) is 2.67. The standard InChI is InChI=1S/C23H27NO2S/c1-3-18-13-15-23(16-14-18)24(22(25)17(2)27-23)19-9-11-21(12-10-19)26-20-7-5-4-6-8-20/h4-12,17-18H,3,13-16H2,1-2H3. The lowest BCUT2D eigenvalue weighted by molar-refractivity contribution is -0.118. The number of thioether (sulfide) groups is 1. The molecule has 1 amide bonds. The average molecular weight is 382 g/mol. The van der Waals surface area contributed by atoms with Gasteiger partial charge in [0, 0.05) is 5.69 Å². The first kappa shape index (κ1) is 18.4. The number of para-hydroxylation sites is 1. The van der Waals surface area contributed by atoms with Gasteiger partial charge in [0.05, 0.1) is 10.1 Å². The fourth-order valence-electron chi connectivity index (χ4n) is 4.34. The van der Waals surface area contributed by atoms with Crippen molar-refractivity contribution in [1.29, 1.82) is 0 Å². The Morgan fingerprint density at radius 2 is 1.67 bits per heavy atom. The van der Waals surface area contributed by atoms with Crippen LogP contribution >= 0.6 is 11.8 Å². The SMILES string of the molecule is CCC1CCC2(CC1)SC(C)C(=O)N2c1ccc(Oc2ccccc2)cc1. The summed E-state index contributed by atoms with van der Waals surface area (Å²) in [7, 11) is 0. The number of amides is 1. The van der Waals surface area contributed by atoms with Crippen LogP contribution in [0.2, 0.25) is 0 Å². The molecule has 0 radical (unpaired) electrons. The summed E-state index contributed by atoms with van der Waals surface area (Å²) in [5.41, 5.74) is 0.993. The van der Waals surface area contributed by atoms with E-state index in [4.69, 9.17) is 4.74 Å². The predicted molar refractivity (Wildman–Crippen MR) is 112 cm³/mol. The van der Waals surface area contributed by atoms with E-state index in [1.165, 1.54) is 19.3 Å². The summed E-state index contributed by atoms with van der Waals surface area (Å²) in [6.07, 6.45) is 5.86. The summed E-state index contributed by atoms with van der Waals surface area (Å²) in [6.45, 7) is 4.33. The van der Waals surface area contributed by atoms with E-state index in [0.29, 0.717) is 0 Å². The zero-order chi connectivity index (χ0) is 18.9. The molecule has 1 saturated heterocycles. The molecule has 1 aliphatic carbocycles. The van der Waals surface area contributed by atoms with Crippen molar-refractivity contribution >= 4 is 23.4 Å². The summed E-state index contributed by atoms with van der Waals surface area (Å²) in [5, 5.41) is 0.0309. The monoisotopic (exact) mass is 381 g/mol. The van der Waals surface area contributed by atoms with Crippen molar-refractivity contribution in [2.45, 2.75) is 56.1 Å². The molecule has 4 heteroatoms. The molecule has 0 aromatic heterocycles. The van der Waals surface area contributed by atoms with E-state index < -0.39 is 0 Å². The van der Waals surface area contributed by atoms with Gasteiger partial charge in [-0.15, -0.1) is 11.8 Å². The van der Waals surface area contributed by atoms with Crippen LogP contribution in [0.25, 0.3) is 0 Å². The number of carbonyl (C=O) groups excluding carboxylic acids is 1. The van der Waals surface area contributed by atoms with Crippen LogP contribution in [-0.4, -0.2) is 16.0 Å². The summed E-state index contributed by atoms with van der Waals surface area (Å²) >= 11 is 1.86. The topological polar surface area (TPSA) is 29.5 Å². The van der Waals surface area contributed by atoms with Crippen molar-refractivity contribution in [1.82, 2.24) is 0 Å². The number of hydrogen-bond acceptors (Lipinski definition) is 3. The van der Waals surface area contributed by atoms with E-state index in [-0.39, 0.29) is 16.0 Å². The molecular weight excluding hydrogens is 354 g/mol. The van der Waals surface area contributed by atoms with Crippen molar-refractivity contribution in [3.05, 3.63) is 54.6 Å². The maximum atomic E-state index is 13.0. The van der Waals surface area contributed by atoms with Crippen LogP contribution in [0.1, 0.15) is 46.0 Å². The first-order chi connectivity index (χ1) is 13.1. The fraction of sp³-hybridized carbons (Fsp3) is 0.435. The molecule has 2 aliphatic rings. The summed E-state index contributed by atoms with van der Waals surface area (Å²) < 4.78 is 5.90. The molecule has 1 saturated carbocycles. The maximum Gasteiger partial charge on any atom is 0.241 e. The molecule has 1 unspecified atom stereocenters. The Labute approximate surface area is 166 Å². The molecule has 1 heterocycles. The largest absolute Gasteiger partial charge is 0.457 e. The number of anilines is 1. The van der Waals surface area contributed by atoms with Gasteiger partial charge in [-0.3, -0.25) is 9.69 Å². The van der Waals surface area contributed by atoms with E-state index in [2.05, 4.69) is 11.8 Å². The first-order valence-electron chi connectivity index (χ1n) is 9.96. The second-order valence-corrected chi connectivity index (χ2v) is 9.34. The van der Waals surface area contributed by atoms with Gasteiger partial charge in [0.2, 0.25) is 5.91 Å². The molecule has 1 atom stereocenters. The first-order valence-corrected chi connectivity index (χ1v) is 10.8. The highest BCUT2D eigenvalue weighted by atomic mass is 32.2. The second-order valence-electron chi connectivity index (χ2n) is 7.64. The minimum Gasteiger partial charge on any atom is -0.457 e. The number of rotatable bonds is 4. The average Bonchev–Trinajstić information content (AvgIpc) is 2.94. The second kappa shape index (κ2) is 7.59. The molecule has 4 rings (SSSR count). The lowest BCUT2D eigenvalue weighted by Gasteiger charge is -2.42. The molecule has 1 spiro atoms. The van der Waals surface area contributed by atoms with Crippen LogP contribution in [0.4, 0.5) is 5.69 Å². The maximum absolute atomic E-state index is 13.0. The van der Waals surface area contributed by atoms with Gasteiger partial charge in [0.25, 0.3) is 0 Å². The van der Waals surface area contributed by atoms with Crippen LogP contribution in [0.5, 0.6) is 11.5 Å². The third-order valence-electron chi connectivity index (χ3n) is 5.91. The summed E-state index contributed by atoms with van der Waals surface area (Å²) in [6, 6.07) is 17.8. The number of hydrogen-bond donors (Lipinski definition) is 0. The van der Waals surface area contributed by atoms with Gasteiger partial charge in [-0.05, 0) is 74.9 Å². The smallest absolute Gasteiger partial charge is 0.241 e. The van der Waals surface area contributed by atoms with E-state index in [0.717, 1.165) is 35.9 Å². The lowest BCUT2D eigenvalue weighted by Crippen LogP contribution is -2.47. The zero-order valence-corrected chi connectivity index (χ0v) is 16.9. The summed E-state index contributed by atoms with van der Waals surface area (Å²) in [4.78, 5) is 15.0. The molecular formula is C23H27NO2S. The Hall–Kier alpha value is -1.94. The van der Waals surface area contributed by atoms with Crippen LogP contribution < -0.4 is 9.64 Å². The van der Waals surface area contributed by atoms with E-state index in [1.54, 1.807) is 0 Å². The molecule has 0 bridgehead atoms. The number of benzene rings is 2. The van der Waals surface area contributed by atoms with Gasteiger partial charge in [-0.1, -0.05) is 31.5 Å². The van der Waals surface area contributed by atoms with Gasteiger partial charge in [0.15, 0.2) is 0 Å². The van der Waals surface area contributed by atoms with Crippen molar-refractivity contribution in [3.8, 4) is 11.5 Å². The Kier molecular flexibility index (Phi) is 5.18. The van der Waals surface area contributed by atoms with Gasteiger partial charge in [-0.25, -0.2) is 0 Å². The van der Waals surface area contributed by atoms with Crippen LogP contribution in [0, 0.1) is 5.92 Å². The molecule has 2 aromatic carbocycles. The van der Waals surface area contributed by atoms with Crippen LogP contribution in [0.15, 0.2) is 54.6 Å². The molecule has 27 heavy (non-hydrogen) atoms. The normalized spacial score (nSPS) is 27.9. The third-order valence-corrected chi connectivity index (χ3v) is 7.49. The Bertz CT molecular complexity index is 782. The number of nitrogens with zero attached hydrogens (tertiary/aromatic N) is 1. The van der Waals surface area contributed by atoms with Crippen LogP contribution in [0.3, 0.4) is 0 Å². The quantitative estimate of drug-likeness (QED) is 0.627. The molecule has 0 N–H and O–H groups in total. The Balaban J connectivity index is 1.56. The fourth-order valence-corrected chi connectivity index (χ4v) is 5.98. The molecule has 2 aromatic rings. The molecule has 2 fully saturated rings. The zero-order valence-electron chi connectivity index (χ0n) is 16.1. The Morgan fingerprint density at radius 3 is 2.30 bits per heavy atom. The van der Waals surface area contributed by atoms with Crippen molar-refractivity contribution in [2.75, 3.05) is 4.90 Å². The minimum atomic E-state index is -0.0655. The van der Waals surface area contributed by atoms with Gasteiger partial charge < -0.3 is 4.74 Å². The minimum absolute atomic E-state index is 0.0309.